The number of benzene rings is 2. The van der Waals surface area contributed by atoms with Crippen molar-refractivity contribution >= 4 is 44.8 Å². The van der Waals surface area contributed by atoms with Gasteiger partial charge in [0.1, 0.15) is 5.75 Å². The maximum atomic E-state index is 14.9. The van der Waals surface area contributed by atoms with Gasteiger partial charge in [-0.25, -0.2) is 32.2 Å². The van der Waals surface area contributed by atoms with Crippen molar-refractivity contribution < 1.29 is 21.9 Å². The number of piperidine rings is 1. The van der Waals surface area contributed by atoms with E-state index >= 15 is 0 Å². The number of allylic oxidation sites excluding steroid dienone is 1. The maximum Gasteiger partial charge on any atom is 0.254 e. The highest BCUT2D eigenvalue weighted by atomic mass is 35.5. The van der Waals surface area contributed by atoms with Gasteiger partial charge in [-0.05, 0) is 62.6 Å². The number of hydrogen-bond acceptors (Lipinski definition) is 8. The number of nitrogens with zero attached hydrogens (tertiary/aromatic N) is 3. The van der Waals surface area contributed by atoms with Gasteiger partial charge in [0, 0.05) is 41.2 Å². The number of sulfonamides is 1. The Kier molecular flexibility index (Phi) is 9.92. The number of aromatic nitrogens is 3. The normalized spacial score (nSPS) is 15.4. The molecule has 0 amide bonds. The van der Waals surface area contributed by atoms with Crippen LogP contribution in [0.25, 0.3) is 22.0 Å². The summed E-state index contributed by atoms with van der Waals surface area (Å²) in [5.74, 6) is -1.68. The lowest BCUT2D eigenvalue weighted by molar-refractivity contribution is 0.465. The molecule has 13 heteroatoms. The fourth-order valence-corrected chi connectivity index (χ4v) is 5.63. The Bertz CT molecular complexity index is 1720. The van der Waals surface area contributed by atoms with Crippen LogP contribution in [0, 0.1) is 18.6 Å². The average molecular weight is 617 g/mol. The van der Waals surface area contributed by atoms with Crippen molar-refractivity contribution in [2.75, 3.05) is 23.1 Å². The number of fused-ring (bicyclic) bond motifs is 1. The zero-order chi connectivity index (χ0) is 29.0. The Balaban J connectivity index is 0.00000405. The summed E-state index contributed by atoms with van der Waals surface area (Å²) < 4.78 is 63.2. The summed E-state index contributed by atoms with van der Waals surface area (Å²) in [7, 11) is -4.08. The molecule has 1 aliphatic heterocycles. The van der Waals surface area contributed by atoms with Gasteiger partial charge in [0.2, 0.25) is 11.8 Å². The Labute approximate surface area is 249 Å². The number of aryl methyl sites for hydroxylation is 1. The fourth-order valence-electron chi connectivity index (χ4n) is 4.63. The van der Waals surface area contributed by atoms with Crippen molar-refractivity contribution in [1.82, 2.24) is 20.3 Å². The molecule has 0 radical (unpaired) electrons. The molecule has 222 valence electrons. The van der Waals surface area contributed by atoms with E-state index in [0.29, 0.717) is 29.2 Å². The van der Waals surface area contributed by atoms with Crippen LogP contribution in [-0.2, 0) is 10.0 Å². The van der Waals surface area contributed by atoms with Gasteiger partial charge in [0.25, 0.3) is 10.0 Å². The molecule has 1 atom stereocenters. The molecule has 0 saturated carbocycles. The first-order valence-electron chi connectivity index (χ1n) is 13.3. The second-order valence-electron chi connectivity index (χ2n) is 9.69. The van der Waals surface area contributed by atoms with Crippen LogP contribution in [-0.4, -0.2) is 42.5 Å². The molecule has 2 aromatic carbocycles. The lowest BCUT2D eigenvalue weighted by Crippen LogP contribution is -2.38. The van der Waals surface area contributed by atoms with Crippen LogP contribution in [0.5, 0.6) is 11.6 Å². The lowest BCUT2D eigenvalue weighted by Gasteiger charge is -2.23. The van der Waals surface area contributed by atoms with Gasteiger partial charge in [0.05, 0.1) is 16.9 Å². The molecule has 4 aromatic rings. The van der Waals surface area contributed by atoms with Gasteiger partial charge in [-0.15, -0.1) is 12.4 Å². The number of ether oxygens (including phenoxy) is 1. The van der Waals surface area contributed by atoms with E-state index in [0.717, 1.165) is 37.4 Å². The molecule has 0 bridgehead atoms. The molecule has 0 unspecified atom stereocenters. The van der Waals surface area contributed by atoms with Gasteiger partial charge in [-0.1, -0.05) is 25.1 Å². The van der Waals surface area contributed by atoms with Gasteiger partial charge in [-0.2, -0.15) is 0 Å². The van der Waals surface area contributed by atoms with Crippen LogP contribution in [0.4, 0.5) is 20.4 Å². The predicted molar refractivity (Wildman–Crippen MR) is 163 cm³/mol. The van der Waals surface area contributed by atoms with Crippen molar-refractivity contribution in [2.24, 2.45) is 0 Å². The molecule has 2 aromatic heterocycles. The van der Waals surface area contributed by atoms with E-state index in [-0.39, 0.29) is 40.9 Å². The minimum atomic E-state index is -4.08. The quantitative estimate of drug-likeness (QED) is 0.200. The summed E-state index contributed by atoms with van der Waals surface area (Å²) in [4.78, 5) is 13.4. The van der Waals surface area contributed by atoms with Crippen molar-refractivity contribution in [2.45, 2.75) is 39.2 Å². The number of nitrogens with one attached hydrogen (secondary N) is 3. The second-order valence-corrected chi connectivity index (χ2v) is 11.3. The van der Waals surface area contributed by atoms with Crippen molar-refractivity contribution in [3.8, 4) is 22.9 Å². The third-order valence-corrected chi connectivity index (χ3v) is 7.69. The molecular formula is C29H31ClF2N6O3S. The Morgan fingerprint density at radius 2 is 1.98 bits per heavy atom. The molecule has 1 aliphatic rings. The highest BCUT2D eigenvalue weighted by molar-refractivity contribution is 7.95. The molecule has 42 heavy (non-hydrogen) atoms. The van der Waals surface area contributed by atoms with Crippen molar-refractivity contribution in [1.29, 1.82) is 0 Å². The van der Waals surface area contributed by atoms with Crippen LogP contribution in [0.2, 0.25) is 0 Å². The topological polar surface area (TPSA) is 118 Å². The van der Waals surface area contributed by atoms with Gasteiger partial charge in [0.15, 0.2) is 11.6 Å². The average Bonchev–Trinajstić information content (AvgIpc) is 2.97. The largest absolute Gasteiger partial charge is 0.437 e. The first-order valence-corrected chi connectivity index (χ1v) is 14.8. The van der Waals surface area contributed by atoms with Crippen LogP contribution in [0.1, 0.15) is 31.7 Å². The molecule has 1 saturated heterocycles. The van der Waals surface area contributed by atoms with Crippen LogP contribution >= 0.6 is 12.4 Å². The van der Waals surface area contributed by atoms with E-state index in [9.17, 15) is 17.2 Å². The zero-order valence-electron chi connectivity index (χ0n) is 23.0. The minimum Gasteiger partial charge on any atom is -0.437 e. The third kappa shape index (κ3) is 6.94. The summed E-state index contributed by atoms with van der Waals surface area (Å²) in [5.41, 5.74) is 1.22. The molecule has 9 nitrogen and oxygen atoms in total. The fraction of sp³-hybridized carbons (Fsp3) is 0.276. The number of rotatable bonds is 9. The highest BCUT2D eigenvalue weighted by Crippen LogP contribution is 2.40. The summed E-state index contributed by atoms with van der Waals surface area (Å²) in [6, 6.07) is 9.62. The van der Waals surface area contributed by atoms with Crippen molar-refractivity contribution in [3.63, 3.8) is 0 Å². The number of pyridine rings is 1. The Hall–Kier alpha value is -3.87. The molecule has 5 rings (SSSR count). The van der Waals surface area contributed by atoms with E-state index in [2.05, 4.69) is 30.3 Å². The highest BCUT2D eigenvalue weighted by Gasteiger charge is 2.22. The predicted octanol–water partition coefficient (Wildman–Crippen LogP) is 6.32. The van der Waals surface area contributed by atoms with E-state index in [1.165, 1.54) is 12.1 Å². The van der Waals surface area contributed by atoms with Gasteiger partial charge < -0.3 is 15.4 Å². The van der Waals surface area contributed by atoms with E-state index in [1.54, 1.807) is 50.5 Å². The first kappa shape index (κ1) is 31.1. The molecule has 0 aliphatic carbocycles. The minimum absolute atomic E-state index is 0. The maximum absolute atomic E-state index is 14.9. The SMILES string of the molecule is CC/C=C\S(=O)(=O)Nc1c(F)c(F)cc2c(Oc3ncccc3-c3ccnc(N[C@H]4CCCNC4)n3)c(C)ccc12.Cl. The summed E-state index contributed by atoms with van der Waals surface area (Å²) in [6.45, 7) is 5.31. The van der Waals surface area contributed by atoms with Crippen LogP contribution in [0.15, 0.2) is 60.3 Å². The molecular weight excluding hydrogens is 586 g/mol. The van der Waals surface area contributed by atoms with E-state index in [4.69, 9.17) is 4.74 Å². The van der Waals surface area contributed by atoms with Crippen LogP contribution < -0.4 is 20.1 Å². The summed E-state index contributed by atoms with van der Waals surface area (Å²) >= 11 is 0. The second kappa shape index (κ2) is 13.4. The lowest BCUT2D eigenvalue weighted by atomic mass is 10.0. The monoisotopic (exact) mass is 616 g/mol. The first-order chi connectivity index (χ1) is 19.8. The number of halogens is 3. The summed E-state index contributed by atoms with van der Waals surface area (Å²) in [6.07, 6.45) is 7.12. The molecule has 3 N–H and O–H groups in total. The zero-order valence-corrected chi connectivity index (χ0v) is 24.7. The standard InChI is InChI=1S/C29H30F2N6O3S.ClH/c1-3-4-15-41(38,39)37-26-20-10-9-18(2)27(22(20)16-23(30)25(26)31)40-28-21(8-6-13-33-28)24-11-14-34-29(36-24)35-19-7-5-12-32-17-19;/h4,6,8-11,13-16,19,32,37H,3,5,7,12,17H2,1-2H3,(H,34,35,36);1H/b15-4-;/t19-;/m0./s1. The van der Waals surface area contributed by atoms with Gasteiger partial charge in [-0.3, -0.25) is 4.72 Å². The van der Waals surface area contributed by atoms with Crippen molar-refractivity contribution in [3.05, 3.63) is 77.5 Å². The molecule has 0 spiro atoms. The Morgan fingerprint density at radius 3 is 2.74 bits per heavy atom. The number of hydrogen-bond donors (Lipinski definition) is 3. The van der Waals surface area contributed by atoms with E-state index in [1.807, 2.05) is 0 Å². The van der Waals surface area contributed by atoms with Gasteiger partial charge >= 0.3 is 0 Å². The molecule has 3 heterocycles. The number of anilines is 2. The smallest absolute Gasteiger partial charge is 0.254 e. The third-order valence-electron chi connectivity index (χ3n) is 6.65. The van der Waals surface area contributed by atoms with E-state index < -0.39 is 27.3 Å². The summed E-state index contributed by atoms with van der Waals surface area (Å²) in [5, 5.41) is 7.93. The van der Waals surface area contributed by atoms with Crippen LogP contribution in [0.3, 0.4) is 0 Å². The Morgan fingerprint density at radius 1 is 1.14 bits per heavy atom. The molecule has 1 fully saturated rings.